The smallest absolute Gasteiger partial charge is 0.266 e. The number of carbonyl (C=O) groups excluding carboxylic acids is 1. The molecule has 3 aromatic rings. The molecular formula is C27H26N2O3. The van der Waals surface area contributed by atoms with Gasteiger partial charge in [0.25, 0.3) is 5.91 Å². The molecule has 0 atom stereocenters. The van der Waals surface area contributed by atoms with E-state index in [0.717, 1.165) is 5.56 Å². The maximum atomic E-state index is 12.6. The molecule has 0 aliphatic carbocycles. The molecule has 0 radical (unpaired) electrons. The van der Waals surface area contributed by atoms with E-state index in [1.165, 1.54) is 11.6 Å². The number of carbonyl (C=O) groups is 1. The Morgan fingerprint density at radius 3 is 2.38 bits per heavy atom. The van der Waals surface area contributed by atoms with Gasteiger partial charge in [-0.25, -0.2) is 0 Å². The summed E-state index contributed by atoms with van der Waals surface area (Å²) in [4.78, 5) is 12.6. The van der Waals surface area contributed by atoms with Crippen molar-refractivity contribution in [2.24, 2.45) is 0 Å². The van der Waals surface area contributed by atoms with Crippen LogP contribution in [0.15, 0.2) is 78.4 Å². The second-order valence-electron chi connectivity index (χ2n) is 7.63. The van der Waals surface area contributed by atoms with Gasteiger partial charge in [-0.15, -0.1) is 0 Å². The maximum absolute atomic E-state index is 12.6. The van der Waals surface area contributed by atoms with Crippen LogP contribution < -0.4 is 14.8 Å². The molecule has 1 amide bonds. The molecule has 1 N–H and O–H groups in total. The normalized spacial score (nSPS) is 11.0. The lowest BCUT2D eigenvalue weighted by molar-refractivity contribution is -0.112. The first kappa shape index (κ1) is 22.6. The van der Waals surface area contributed by atoms with Gasteiger partial charge >= 0.3 is 0 Å². The number of hydrogen-bond donors (Lipinski definition) is 1. The summed E-state index contributed by atoms with van der Waals surface area (Å²) >= 11 is 0. The highest BCUT2D eigenvalue weighted by Crippen LogP contribution is 2.23. The number of nitrogens with zero attached hydrogens (tertiary/aromatic N) is 1. The van der Waals surface area contributed by atoms with Crippen LogP contribution in [0.1, 0.15) is 30.5 Å². The number of nitrogens with one attached hydrogen (secondary N) is 1. The van der Waals surface area contributed by atoms with Gasteiger partial charge < -0.3 is 14.8 Å². The van der Waals surface area contributed by atoms with Gasteiger partial charge in [-0.05, 0) is 62.7 Å². The Morgan fingerprint density at radius 1 is 1.03 bits per heavy atom. The highest BCUT2D eigenvalue weighted by atomic mass is 16.5. The lowest BCUT2D eigenvalue weighted by Crippen LogP contribution is -2.13. The van der Waals surface area contributed by atoms with Gasteiger partial charge in [-0.1, -0.05) is 48.0 Å². The van der Waals surface area contributed by atoms with Crippen LogP contribution in [0.25, 0.3) is 6.08 Å². The summed E-state index contributed by atoms with van der Waals surface area (Å²) in [5.41, 5.74) is 3.52. The van der Waals surface area contributed by atoms with E-state index in [4.69, 9.17) is 9.47 Å². The average molecular weight is 427 g/mol. The molecule has 5 nitrogen and oxygen atoms in total. The molecule has 3 rings (SSSR count). The van der Waals surface area contributed by atoms with Crippen LogP contribution in [-0.4, -0.2) is 12.0 Å². The molecule has 0 unspecified atom stereocenters. The van der Waals surface area contributed by atoms with E-state index in [2.05, 4.69) is 5.32 Å². The number of benzene rings is 3. The fourth-order valence-electron chi connectivity index (χ4n) is 2.95. The molecule has 0 aliphatic heterocycles. The Hall–Kier alpha value is -4.04. The fourth-order valence-corrected chi connectivity index (χ4v) is 2.95. The zero-order valence-electron chi connectivity index (χ0n) is 18.5. The fraction of sp³-hybridized carbons (Fsp3) is 0.185. The Balaban J connectivity index is 1.65. The number of anilines is 1. The van der Waals surface area contributed by atoms with Crippen molar-refractivity contribution < 1.29 is 14.3 Å². The molecule has 0 aliphatic rings. The summed E-state index contributed by atoms with van der Waals surface area (Å²) in [6, 6.07) is 24.5. The van der Waals surface area contributed by atoms with Gasteiger partial charge in [0.05, 0.1) is 6.10 Å². The molecule has 5 heteroatoms. The molecule has 0 heterocycles. The van der Waals surface area contributed by atoms with E-state index >= 15 is 0 Å². The molecule has 0 saturated carbocycles. The monoisotopic (exact) mass is 426 g/mol. The Bertz CT molecular complexity index is 1120. The molecule has 0 saturated heterocycles. The third-order valence-electron chi connectivity index (χ3n) is 4.58. The minimum atomic E-state index is -0.486. The molecule has 162 valence electrons. The van der Waals surface area contributed by atoms with Crippen LogP contribution in [0, 0.1) is 18.3 Å². The molecule has 0 spiro atoms. The van der Waals surface area contributed by atoms with Crippen molar-refractivity contribution in [3.63, 3.8) is 0 Å². The first-order valence-electron chi connectivity index (χ1n) is 10.4. The van der Waals surface area contributed by atoms with Crippen LogP contribution in [-0.2, 0) is 11.4 Å². The summed E-state index contributed by atoms with van der Waals surface area (Å²) in [6.45, 7) is 6.35. The van der Waals surface area contributed by atoms with E-state index in [1.807, 2.05) is 75.4 Å². The molecule has 0 fully saturated rings. The van der Waals surface area contributed by atoms with Gasteiger partial charge in [0.15, 0.2) is 0 Å². The Morgan fingerprint density at radius 2 is 1.72 bits per heavy atom. The highest BCUT2D eigenvalue weighted by Gasteiger charge is 2.12. The largest absolute Gasteiger partial charge is 0.490 e. The van der Waals surface area contributed by atoms with Crippen molar-refractivity contribution in [3.8, 4) is 17.6 Å². The van der Waals surface area contributed by atoms with E-state index in [0.29, 0.717) is 29.4 Å². The second kappa shape index (κ2) is 10.8. The highest BCUT2D eigenvalue weighted by molar-refractivity contribution is 6.09. The number of amides is 1. The molecule has 32 heavy (non-hydrogen) atoms. The first-order valence-corrected chi connectivity index (χ1v) is 10.4. The minimum Gasteiger partial charge on any atom is -0.490 e. The van der Waals surface area contributed by atoms with E-state index in [9.17, 15) is 10.1 Å². The Kier molecular flexibility index (Phi) is 7.66. The predicted octanol–water partition coefficient (Wildman–Crippen LogP) is 5.91. The summed E-state index contributed by atoms with van der Waals surface area (Å²) in [5.74, 6) is 0.831. The standard InChI is InChI=1S/C27H26N2O3/c1-19(2)32-26-7-5-4-6-22(26)16-23(17-28)27(30)29-24-12-14-25(15-13-24)31-18-21-10-8-20(3)9-11-21/h4-16,19H,18H2,1-3H3,(H,29,30)/b23-16+. The maximum Gasteiger partial charge on any atom is 0.266 e. The number of rotatable bonds is 8. The molecular weight excluding hydrogens is 400 g/mol. The summed E-state index contributed by atoms with van der Waals surface area (Å²) < 4.78 is 11.6. The number of aryl methyl sites for hydroxylation is 1. The quantitative estimate of drug-likeness (QED) is 0.359. The lowest BCUT2D eigenvalue weighted by Gasteiger charge is -2.12. The van der Waals surface area contributed by atoms with E-state index < -0.39 is 5.91 Å². The van der Waals surface area contributed by atoms with E-state index in [-0.39, 0.29) is 11.7 Å². The minimum absolute atomic E-state index is 0.00972. The van der Waals surface area contributed by atoms with Crippen molar-refractivity contribution in [2.45, 2.75) is 33.5 Å². The molecule has 0 aromatic heterocycles. The van der Waals surface area contributed by atoms with Gasteiger partial charge in [-0.2, -0.15) is 5.26 Å². The van der Waals surface area contributed by atoms with Crippen molar-refractivity contribution in [1.29, 1.82) is 5.26 Å². The zero-order valence-corrected chi connectivity index (χ0v) is 18.5. The number of hydrogen-bond acceptors (Lipinski definition) is 4. The van der Waals surface area contributed by atoms with Crippen LogP contribution in [0.3, 0.4) is 0 Å². The van der Waals surface area contributed by atoms with Gasteiger partial charge in [-0.3, -0.25) is 4.79 Å². The summed E-state index contributed by atoms with van der Waals surface area (Å²) in [6.07, 6.45) is 1.52. The van der Waals surface area contributed by atoms with Gasteiger partial charge in [0.1, 0.15) is 29.7 Å². The Labute approximate surface area is 188 Å². The molecule has 0 bridgehead atoms. The first-order chi connectivity index (χ1) is 15.4. The van der Waals surface area contributed by atoms with Crippen LogP contribution in [0.4, 0.5) is 5.69 Å². The van der Waals surface area contributed by atoms with Crippen LogP contribution >= 0.6 is 0 Å². The van der Waals surface area contributed by atoms with Gasteiger partial charge in [0.2, 0.25) is 0 Å². The third kappa shape index (κ3) is 6.48. The zero-order chi connectivity index (χ0) is 22.9. The average Bonchev–Trinajstić information content (AvgIpc) is 2.78. The number of ether oxygens (including phenoxy) is 2. The predicted molar refractivity (Wildman–Crippen MR) is 126 cm³/mol. The number of para-hydroxylation sites is 1. The van der Waals surface area contributed by atoms with Crippen LogP contribution in [0.5, 0.6) is 11.5 Å². The second-order valence-corrected chi connectivity index (χ2v) is 7.63. The van der Waals surface area contributed by atoms with E-state index in [1.54, 1.807) is 24.3 Å². The van der Waals surface area contributed by atoms with Crippen LogP contribution in [0.2, 0.25) is 0 Å². The van der Waals surface area contributed by atoms with Crippen molar-refractivity contribution in [1.82, 2.24) is 0 Å². The summed E-state index contributed by atoms with van der Waals surface area (Å²) in [5, 5.41) is 12.3. The van der Waals surface area contributed by atoms with Crippen molar-refractivity contribution in [3.05, 3.63) is 95.1 Å². The van der Waals surface area contributed by atoms with Crippen molar-refractivity contribution >= 4 is 17.7 Å². The van der Waals surface area contributed by atoms with Gasteiger partial charge in [0, 0.05) is 11.3 Å². The topological polar surface area (TPSA) is 71.3 Å². The third-order valence-corrected chi connectivity index (χ3v) is 4.58. The van der Waals surface area contributed by atoms with Crippen molar-refractivity contribution in [2.75, 3.05) is 5.32 Å². The SMILES string of the molecule is Cc1ccc(COc2ccc(NC(=O)/C(C#N)=C/c3ccccc3OC(C)C)cc2)cc1. The lowest BCUT2D eigenvalue weighted by atomic mass is 10.1. The summed E-state index contributed by atoms with van der Waals surface area (Å²) in [7, 11) is 0. The molecule has 3 aromatic carbocycles. The number of nitriles is 1.